The molecule has 0 aromatic rings. The number of rotatable bonds is 5. The quantitative estimate of drug-likeness (QED) is 0.634. The van der Waals surface area contributed by atoms with Gasteiger partial charge < -0.3 is 9.84 Å². The van der Waals surface area contributed by atoms with Crippen molar-refractivity contribution < 1.29 is 19.4 Å². The third kappa shape index (κ3) is 6.11. The fourth-order valence-corrected chi connectivity index (χ4v) is 1.36. The zero-order valence-corrected chi connectivity index (χ0v) is 10.4. The molecule has 17 heavy (non-hydrogen) atoms. The van der Waals surface area contributed by atoms with E-state index in [1.165, 1.54) is 0 Å². The van der Waals surface area contributed by atoms with Gasteiger partial charge >= 0.3 is 12.1 Å². The van der Waals surface area contributed by atoms with Crippen LogP contribution >= 0.6 is 0 Å². The first-order valence-electron chi connectivity index (χ1n) is 5.75. The minimum absolute atomic E-state index is 0.462. The summed E-state index contributed by atoms with van der Waals surface area (Å²) in [5.41, 5.74) is 4.15. The summed E-state index contributed by atoms with van der Waals surface area (Å²) in [6.07, 6.45) is 2.00. The highest BCUT2D eigenvalue weighted by Gasteiger charge is 2.29. The Morgan fingerprint density at radius 1 is 1.41 bits per heavy atom. The van der Waals surface area contributed by atoms with Crippen molar-refractivity contribution in [2.45, 2.75) is 51.7 Å². The van der Waals surface area contributed by atoms with Crippen molar-refractivity contribution in [1.82, 2.24) is 10.9 Å². The molecule has 0 aromatic carbocycles. The molecule has 6 heteroatoms. The molecule has 0 aliphatic heterocycles. The number of carboxylic acid groups (broad SMARTS) is 1. The molecule has 0 saturated heterocycles. The lowest BCUT2D eigenvalue weighted by Gasteiger charge is -2.21. The molecular formula is C11H20N2O4. The van der Waals surface area contributed by atoms with Gasteiger partial charge in [-0.15, -0.1) is 0 Å². The number of carboxylic acids is 1. The van der Waals surface area contributed by atoms with Crippen molar-refractivity contribution in [3.05, 3.63) is 0 Å². The fourth-order valence-electron chi connectivity index (χ4n) is 1.36. The molecule has 1 fully saturated rings. The van der Waals surface area contributed by atoms with Crippen LogP contribution in [0.15, 0.2) is 0 Å². The summed E-state index contributed by atoms with van der Waals surface area (Å²) in [4.78, 5) is 22.2. The van der Waals surface area contributed by atoms with Crippen LogP contribution in [0.1, 0.15) is 40.0 Å². The lowest BCUT2D eigenvalue weighted by atomic mass is 10.1. The summed E-state index contributed by atoms with van der Waals surface area (Å²) in [5, 5.41) is 8.94. The topological polar surface area (TPSA) is 87.7 Å². The average molecular weight is 244 g/mol. The van der Waals surface area contributed by atoms with Gasteiger partial charge in [-0.25, -0.2) is 10.2 Å². The molecule has 0 heterocycles. The van der Waals surface area contributed by atoms with Crippen molar-refractivity contribution in [1.29, 1.82) is 0 Å². The van der Waals surface area contributed by atoms with E-state index in [-0.39, 0.29) is 0 Å². The van der Waals surface area contributed by atoms with E-state index in [2.05, 4.69) is 10.9 Å². The summed E-state index contributed by atoms with van der Waals surface area (Å²) in [7, 11) is 0. The second-order valence-electron chi connectivity index (χ2n) is 5.34. The molecule has 1 aliphatic carbocycles. The van der Waals surface area contributed by atoms with Gasteiger partial charge in [0.15, 0.2) is 0 Å². The molecule has 6 nitrogen and oxygen atoms in total. The number of nitrogens with one attached hydrogen (secondary N) is 2. The average Bonchev–Trinajstić information content (AvgIpc) is 2.92. The van der Waals surface area contributed by atoms with Gasteiger partial charge in [0.1, 0.15) is 11.6 Å². The highest BCUT2D eigenvalue weighted by Crippen LogP contribution is 2.33. The molecule has 1 saturated carbocycles. The zero-order valence-electron chi connectivity index (χ0n) is 10.4. The number of amides is 1. The zero-order chi connectivity index (χ0) is 13.1. The van der Waals surface area contributed by atoms with Crippen LogP contribution in [0, 0.1) is 5.92 Å². The van der Waals surface area contributed by atoms with Crippen LogP contribution in [0.25, 0.3) is 0 Å². The van der Waals surface area contributed by atoms with Crippen molar-refractivity contribution >= 4 is 12.1 Å². The third-order valence-electron chi connectivity index (χ3n) is 2.31. The highest BCUT2D eigenvalue weighted by atomic mass is 16.6. The summed E-state index contributed by atoms with van der Waals surface area (Å²) in [6, 6.07) is -0.755. The van der Waals surface area contributed by atoms with Crippen molar-refractivity contribution in [2.24, 2.45) is 5.92 Å². The third-order valence-corrected chi connectivity index (χ3v) is 2.31. The number of carbonyl (C=O) groups excluding carboxylic acids is 1. The number of hydrazine groups is 1. The Hall–Kier alpha value is -1.30. The largest absolute Gasteiger partial charge is 0.480 e. The predicted octanol–water partition coefficient (Wildman–Crippen LogP) is 1.27. The smallest absolute Gasteiger partial charge is 0.422 e. The van der Waals surface area contributed by atoms with Gasteiger partial charge in [-0.1, -0.05) is 12.8 Å². The minimum Gasteiger partial charge on any atom is -0.480 e. The molecule has 0 unspecified atom stereocenters. The van der Waals surface area contributed by atoms with Crippen LogP contribution in [0.5, 0.6) is 0 Å². The van der Waals surface area contributed by atoms with Crippen LogP contribution in [0.4, 0.5) is 4.79 Å². The van der Waals surface area contributed by atoms with E-state index >= 15 is 0 Å². The number of aliphatic carboxylic acids is 1. The molecule has 0 bridgehead atoms. The molecule has 1 amide bonds. The Labute approximate surface area is 101 Å². The van der Waals surface area contributed by atoms with E-state index < -0.39 is 23.7 Å². The van der Waals surface area contributed by atoms with Crippen LogP contribution in [-0.4, -0.2) is 28.8 Å². The maximum absolute atomic E-state index is 11.3. The second kappa shape index (κ2) is 5.35. The van der Waals surface area contributed by atoms with Crippen LogP contribution in [-0.2, 0) is 9.53 Å². The lowest BCUT2D eigenvalue weighted by Crippen LogP contribution is -2.49. The van der Waals surface area contributed by atoms with Gasteiger partial charge in [0, 0.05) is 0 Å². The maximum atomic E-state index is 11.3. The molecule has 1 atom stereocenters. The Balaban J connectivity index is 2.30. The number of ether oxygens (including phenoxy) is 1. The van der Waals surface area contributed by atoms with E-state index in [1.807, 2.05) is 0 Å². The molecule has 0 spiro atoms. The standard InChI is InChI=1S/C11H20N2O4/c1-11(2,3)17-10(16)13-12-8(9(14)15)6-7-4-5-7/h7-8,12H,4-6H2,1-3H3,(H,13,16)(H,14,15)/t8-/m0/s1. The van der Waals surface area contributed by atoms with Crippen LogP contribution in [0.2, 0.25) is 0 Å². The first kappa shape index (κ1) is 13.8. The number of hydrogen-bond acceptors (Lipinski definition) is 4. The van der Waals surface area contributed by atoms with Gasteiger partial charge in [0.25, 0.3) is 0 Å². The van der Waals surface area contributed by atoms with Gasteiger partial charge in [-0.3, -0.25) is 10.2 Å². The monoisotopic (exact) mass is 244 g/mol. The Kier molecular flexibility index (Phi) is 4.34. The molecule has 3 N–H and O–H groups in total. The van der Waals surface area contributed by atoms with Crippen molar-refractivity contribution in [2.75, 3.05) is 0 Å². The van der Waals surface area contributed by atoms with E-state index in [9.17, 15) is 9.59 Å². The summed E-state index contributed by atoms with van der Waals surface area (Å²) in [6.45, 7) is 5.22. The van der Waals surface area contributed by atoms with Crippen LogP contribution in [0.3, 0.4) is 0 Å². The van der Waals surface area contributed by atoms with E-state index in [1.54, 1.807) is 20.8 Å². The molecule has 98 valence electrons. The van der Waals surface area contributed by atoms with Gasteiger partial charge in [-0.2, -0.15) is 0 Å². The lowest BCUT2D eigenvalue weighted by molar-refractivity contribution is -0.140. The minimum atomic E-state index is -0.965. The fraction of sp³-hybridized carbons (Fsp3) is 0.818. The Morgan fingerprint density at radius 2 is 2.00 bits per heavy atom. The molecule has 1 rings (SSSR count). The molecule has 0 aromatic heterocycles. The van der Waals surface area contributed by atoms with E-state index in [0.29, 0.717) is 12.3 Å². The van der Waals surface area contributed by atoms with Crippen molar-refractivity contribution in [3.8, 4) is 0 Å². The van der Waals surface area contributed by atoms with Gasteiger partial charge in [0.2, 0.25) is 0 Å². The Morgan fingerprint density at radius 3 is 2.41 bits per heavy atom. The number of carbonyl (C=O) groups is 2. The SMILES string of the molecule is CC(C)(C)OC(=O)NN[C@@H](CC1CC1)C(=O)O. The first-order valence-corrected chi connectivity index (χ1v) is 5.75. The molecular weight excluding hydrogens is 224 g/mol. The maximum Gasteiger partial charge on any atom is 0.422 e. The first-order chi connectivity index (χ1) is 7.78. The normalized spacial score (nSPS) is 17.4. The Bertz CT molecular complexity index is 294. The van der Waals surface area contributed by atoms with Gasteiger partial charge in [-0.05, 0) is 33.1 Å². The second-order valence-corrected chi connectivity index (χ2v) is 5.34. The molecule has 1 aliphatic rings. The van der Waals surface area contributed by atoms with Gasteiger partial charge in [0.05, 0.1) is 0 Å². The predicted molar refractivity (Wildman–Crippen MR) is 61.3 cm³/mol. The van der Waals surface area contributed by atoms with Crippen molar-refractivity contribution in [3.63, 3.8) is 0 Å². The summed E-state index contributed by atoms with van der Waals surface area (Å²) in [5.74, 6) is -0.503. The number of hydrogen-bond donors (Lipinski definition) is 3. The van der Waals surface area contributed by atoms with E-state index in [0.717, 1.165) is 12.8 Å². The van der Waals surface area contributed by atoms with E-state index in [4.69, 9.17) is 9.84 Å². The highest BCUT2D eigenvalue weighted by molar-refractivity contribution is 5.74. The van der Waals surface area contributed by atoms with Crippen LogP contribution < -0.4 is 10.9 Å². The summed E-state index contributed by atoms with van der Waals surface area (Å²) < 4.78 is 4.98. The molecule has 0 radical (unpaired) electrons. The summed E-state index contributed by atoms with van der Waals surface area (Å²) >= 11 is 0.